The Morgan fingerprint density at radius 2 is 2.24 bits per heavy atom. The molecule has 0 amide bonds. The number of ether oxygens (including phenoxy) is 1. The van der Waals surface area contributed by atoms with E-state index in [0.717, 1.165) is 17.7 Å². The lowest BCUT2D eigenvalue weighted by atomic mass is 10.2. The maximum atomic E-state index is 5.54. The minimum Gasteiger partial charge on any atom is -0.497 e. The average molecular weight is 233 g/mol. The molecule has 0 saturated heterocycles. The van der Waals surface area contributed by atoms with Crippen molar-refractivity contribution in [3.05, 3.63) is 30.2 Å². The van der Waals surface area contributed by atoms with Gasteiger partial charge in [-0.1, -0.05) is 6.07 Å². The lowest BCUT2D eigenvalue weighted by Gasteiger charge is -2.00. The second-order valence-corrected chi connectivity index (χ2v) is 3.63. The van der Waals surface area contributed by atoms with Crippen molar-refractivity contribution in [3.63, 3.8) is 0 Å². The van der Waals surface area contributed by atoms with Crippen LogP contribution in [0.1, 0.15) is 12.3 Å². The van der Waals surface area contributed by atoms with Gasteiger partial charge in [0.25, 0.3) is 0 Å². The van der Waals surface area contributed by atoms with Gasteiger partial charge < -0.3 is 14.9 Å². The molecule has 2 N–H and O–H groups in total. The van der Waals surface area contributed by atoms with Crippen LogP contribution in [-0.4, -0.2) is 23.9 Å². The normalized spacial score (nSPS) is 10.5. The molecule has 2 rings (SSSR count). The average Bonchev–Trinajstić information content (AvgIpc) is 2.85. The quantitative estimate of drug-likeness (QED) is 0.849. The first-order valence-corrected chi connectivity index (χ1v) is 5.50. The fraction of sp³-hybridized carbons (Fsp3) is 0.333. The molecule has 0 saturated carbocycles. The van der Waals surface area contributed by atoms with E-state index in [9.17, 15) is 0 Å². The van der Waals surface area contributed by atoms with Gasteiger partial charge in [0, 0.05) is 12.0 Å². The highest BCUT2D eigenvalue weighted by molar-refractivity contribution is 5.55. The summed E-state index contributed by atoms with van der Waals surface area (Å²) in [4.78, 5) is 0. The molecule has 0 aliphatic heterocycles. The minimum atomic E-state index is 0.510. The standard InChI is InChI=1S/C12H15N3O2/c1-16-10-5-2-4-9(8-10)12-15-14-11(17-12)6-3-7-13/h2,4-5,8H,3,6-7,13H2,1H3. The molecule has 90 valence electrons. The van der Waals surface area contributed by atoms with E-state index < -0.39 is 0 Å². The van der Waals surface area contributed by atoms with Gasteiger partial charge in [-0.2, -0.15) is 0 Å². The van der Waals surface area contributed by atoms with Crippen LogP contribution < -0.4 is 10.5 Å². The van der Waals surface area contributed by atoms with E-state index in [2.05, 4.69) is 10.2 Å². The Bertz CT molecular complexity index is 482. The molecule has 5 heteroatoms. The molecule has 0 aliphatic rings. The predicted molar refractivity (Wildman–Crippen MR) is 63.7 cm³/mol. The zero-order valence-electron chi connectivity index (χ0n) is 9.72. The van der Waals surface area contributed by atoms with Gasteiger partial charge in [-0.3, -0.25) is 0 Å². The topological polar surface area (TPSA) is 74.2 Å². The zero-order valence-corrected chi connectivity index (χ0v) is 9.72. The van der Waals surface area contributed by atoms with Crippen LogP contribution in [-0.2, 0) is 6.42 Å². The van der Waals surface area contributed by atoms with Crippen LogP contribution in [0.4, 0.5) is 0 Å². The molecular formula is C12H15N3O2. The summed E-state index contributed by atoms with van der Waals surface area (Å²) in [5.41, 5.74) is 6.28. The summed E-state index contributed by atoms with van der Waals surface area (Å²) in [5.74, 6) is 1.90. The van der Waals surface area contributed by atoms with E-state index in [4.69, 9.17) is 14.9 Å². The minimum absolute atomic E-state index is 0.510. The Kier molecular flexibility index (Phi) is 3.72. The summed E-state index contributed by atoms with van der Waals surface area (Å²) in [6.45, 7) is 0.622. The van der Waals surface area contributed by atoms with E-state index in [1.165, 1.54) is 0 Å². The number of aromatic nitrogens is 2. The maximum Gasteiger partial charge on any atom is 0.247 e. The largest absolute Gasteiger partial charge is 0.497 e. The number of nitrogens with two attached hydrogens (primary N) is 1. The Balaban J connectivity index is 2.18. The van der Waals surface area contributed by atoms with Gasteiger partial charge in [0.1, 0.15) is 5.75 Å². The SMILES string of the molecule is COc1cccc(-c2nnc(CCCN)o2)c1. The molecule has 0 bridgehead atoms. The van der Waals surface area contributed by atoms with Crippen molar-refractivity contribution >= 4 is 0 Å². The molecule has 5 nitrogen and oxygen atoms in total. The molecule has 1 aromatic carbocycles. The van der Waals surface area contributed by atoms with Crippen LogP contribution >= 0.6 is 0 Å². The van der Waals surface area contributed by atoms with Crippen molar-refractivity contribution in [3.8, 4) is 17.2 Å². The molecule has 17 heavy (non-hydrogen) atoms. The summed E-state index contributed by atoms with van der Waals surface area (Å²) >= 11 is 0. The predicted octanol–water partition coefficient (Wildman–Crippen LogP) is 1.64. The first-order chi connectivity index (χ1) is 8.33. The highest BCUT2D eigenvalue weighted by atomic mass is 16.5. The van der Waals surface area contributed by atoms with Crippen molar-refractivity contribution in [2.24, 2.45) is 5.73 Å². The number of hydrogen-bond donors (Lipinski definition) is 1. The third kappa shape index (κ3) is 2.82. The van der Waals surface area contributed by atoms with Crippen molar-refractivity contribution in [1.29, 1.82) is 0 Å². The molecule has 0 spiro atoms. The van der Waals surface area contributed by atoms with Crippen LogP contribution in [0, 0.1) is 0 Å². The summed E-state index contributed by atoms with van der Waals surface area (Å²) in [6, 6.07) is 7.52. The van der Waals surface area contributed by atoms with Gasteiger partial charge in [0.05, 0.1) is 7.11 Å². The van der Waals surface area contributed by atoms with Crippen LogP contribution in [0.2, 0.25) is 0 Å². The molecule has 2 aromatic rings. The van der Waals surface area contributed by atoms with Crippen LogP contribution in [0.15, 0.2) is 28.7 Å². The highest BCUT2D eigenvalue weighted by Gasteiger charge is 2.08. The molecule has 0 atom stereocenters. The van der Waals surface area contributed by atoms with E-state index in [-0.39, 0.29) is 0 Å². The van der Waals surface area contributed by atoms with Crippen LogP contribution in [0.25, 0.3) is 11.5 Å². The summed E-state index contributed by atoms with van der Waals surface area (Å²) in [7, 11) is 1.62. The first kappa shape index (κ1) is 11.6. The second-order valence-electron chi connectivity index (χ2n) is 3.63. The Morgan fingerprint density at radius 1 is 1.35 bits per heavy atom. The number of aryl methyl sites for hydroxylation is 1. The Morgan fingerprint density at radius 3 is 3.00 bits per heavy atom. The van der Waals surface area contributed by atoms with Gasteiger partial charge in [-0.05, 0) is 31.2 Å². The fourth-order valence-electron chi connectivity index (χ4n) is 1.48. The number of methoxy groups -OCH3 is 1. The van der Waals surface area contributed by atoms with Crippen LogP contribution in [0.3, 0.4) is 0 Å². The molecule has 1 heterocycles. The molecule has 1 aromatic heterocycles. The van der Waals surface area contributed by atoms with Crippen molar-refractivity contribution < 1.29 is 9.15 Å². The van der Waals surface area contributed by atoms with Crippen LogP contribution in [0.5, 0.6) is 5.75 Å². The smallest absolute Gasteiger partial charge is 0.247 e. The summed E-state index contributed by atoms with van der Waals surface area (Å²) in [5, 5.41) is 7.97. The summed E-state index contributed by atoms with van der Waals surface area (Å²) < 4.78 is 10.7. The fourth-order valence-corrected chi connectivity index (χ4v) is 1.48. The van der Waals surface area contributed by atoms with E-state index in [0.29, 0.717) is 24.7 Å². The number of benzene rings is 1. The van der Waals surface area contributed by atoms with Gasteiger partial charge in [0.2, 0.25) is 11.8 Å². The summed E-state index contributed by atoms with van der Waals surface area (Å²) in [6.07, 6.45) is 1.56. The lowest BCUT2D eigenvalue weighted by Crippen LogP contribution is -2.00. The van der Waals surface area contributed by atoms with Gasteiger partial charge >= 0.3 is 0 Å². The van der Waals surface area contributed by atoms with E-state index in [1.54, 1.807) is 7.11 Å². The molecule has 0 fully saturated rings. The second kappa shape index (κ2) is 5.45. The third-order valence-electron chi connectivity index (χ3n) is 2.38. The van der Waals surface area contributed by atoms with E-state index >= 15 is 0 Å². The Hall–Kier alpha value is -1.88. The third-order valence-corrected chi connectivity index (χ3v) is 2.38. The monoisotopic (exact) mass is 233 g/mol. The molecule has 0 radical (unpaired) electrons. The van der Waals surface area contributed by atoms with E-state index in [1.807, 2.05) is 24.3 Å². The van der Waals surface area contributed by atoms with Crippen molar-refractivity contribution in [1.82, 2.24) is 10.2 Å². The van der Waals surface area contributed by atoms with Crippen molar-refractivity contribution in [2.75, 3.05) is 13.7 Å². The highest BCUT2D eigenvalue weighted by Crippen LogP contribution is 2.22. The van der Waals surface area contributed by atoms with Gasteiger partial charge in [-0.25, -0.2) is 0 Å². The Labute approximate surface area is 99.6 Å². The number of rotatable bonds is 5. The van der Waals surface area contributed by atoms with Gasteiger partial charge in [0.15, 0.2) is 0 Å². The van der Waals surface area contributed by atoms with Crippen molar-refractivity contribution in [2.45, 2.75) is 12.8 Å². The zero-order chi connectivity index (χ0) is 12.1. The number of hydrogen-bond acceptors (Lipinski definition) is 5. The molecular weight excluding hydrogens is 218 g/mol. The first-order valence-electron chi connectivity index (χ1n) is 5.50. The molecule has 0 unspecified atom stereocenters. The lowest BCUT2D eigenvalue weighted by molar-refractivity contribution is 0.414. The molecule has 0 aliphatic carbocycles. The maximum absolute atomic E-state index is 5.54. The number of nitrogens with zero attached hydrogens (tertiary/aromatic N) is 2. The van der Waals surface area contributed by atoms with Gasteiger partial charge in [-0.15, -0.1) is 10.2 Å².